The molecule has 2 aromatic rings. The minimum absolute atomic E-state index is 0.403. The van der Waals surface area contributed by atoms with Crippen LogP contribution < -0.4 is 15.2 Å². The zero-order valence-corrected chi connectivity index (χ0v) is 21.6. The van der Waals surface area contributed by atoms with Crippen molar-refractivity contribution in [3.63, 3.8) is 0 Å². The number of primary amides is 1. The van der Waals surface area contributed by atoms with Gasteiger partial charge in [-0.3, -0.25) is 4.79 Å². The largest absolute Gasteiger partial charge is 0.497 e. The van der Waals surface area contributed by atoms with Crippen molar-refractivity contribution < 1.29 is 28.3 Å². The predicted octanol–water partition coefficient (Wildman–Crippen LogP) is 5.11. The van der Waals surface area contributed by atoms with Gasteiger partial charge in [-0.15, -0.1) is 0 Å². The number of benzene rings is 2. The molecule has 1 heterocycles. The molecule has 0 aromatic heterocycles. The Balaban J connectivity index is 1.38. The van der Waals surface area contributed by atoms with Crippen molar-refractivity contribution in [3.05, 3.63) is 54.1 Å². The van der Waals surface area contributed by atoms with Gasteiger partial charge in [0.25, 0.3) is 0 Å². The van der Waals surface area contributed by atoms with E-state index in [0.717, 1.165) is 34.8 Å². The van der Waals surface area contributed by atoms with E-state index >= 15 is 0 Å². The van der Waals surface area contributed by atoms with Gasteiger partial charge >= 0.3 is 0 Å². The maximum Gasteiger partial charge on any atom is 0.232 e. The van der Waals surface area contributed by atoms with E-state index in [1.807, 2.05) is 48.5 Å². The smallest absolute Gasteiger partial charge is 0.232 e. The van der Waals surface area contributed by atoms with Crippen LogP contribution in [0.5, 0.6) is 11.5 Å². The number of carbonyl (C=O) groups excluding carboxylic acids is 1. The van der Waals surface area contributed by atoms with Gasteiger partial charge in [-0.2, -0.15) is 0 Å². The first-order valence-corrected chi connectivity index (χ1v) is 15.0. The number of hydrogen-bond acceptors (Lipinski definition) is 7. The van der Waals surface area contributed by atoms with Crippen molar-refractivity contribution in [2.24, 2.45) is 5.73 Å². The Kier molecular flexibility index (Phi) is 9.89. The quantitative estimate of drug-likeness (QED) is 0.297. The number of unbranched alkanes of at least 4 members (excludes halogenated alkanes) is 1. The van der Waals surface area contributed by atoms with Crippen LogP contribution in [0.2, 0.25) is 0 Å². The number of ether oxygens (including phenoxy) is 4. The van der Waals surface area contributed by atoms with Crippen LogP contribution in [0.15, 0.2) is 53.4 Å². The fraction of sp³-hybridized carbons (Fsp3) is 0.480. The molecule has 1 aliphatic heterocycles. The van der Waals surface area contributed by atoms with Crippen LogP contribution in [0.3, 0.4) is 0 Å². The normalized spacial score (nSPS) is 17.0. The lowest BCUT2D eigenvalue weighted by Crippen LogP contribution is -2.47. The molecule has 0 spiro atoms. The standard InChI is InChI=1S/C25H34NO6PS/c1-29-21-7-9-22(10-8-21)32-16-4-3-15-31-19-20-5-11-23(12-6-20)34-33(2,28)25(24(26)27)13-17-30-18-14-25/h5-12H,3-4,13-19H2,1-2H3,(H2,26,27). The monoisotopic (exact) mass is 507 g/mol. The molecule has 2 N–H and O–H groups in total. The molecule has 0 saturated carbocycles. The molecule has 1 aliphatic rings. The van der Waals surface area contributed by atoms with E-state index in [9.17, 15) is 9.36 Å². The fourth-order valence-corrected chi connectivity index (χ4v) is 9.00. The molecule has 0 radical (unpaired) electrons. The molecular formula is C25H34NO6PS. The molecule has 1 unspecified atom stereocenters. The van der Waals surface area contributed by atoms with Crippen molar-refractivity contribution in [2.75, 3.05) is 40.2 Å². The summed E-state index contributed by atoms with van der Waals surface area (Å²) in [4.78, 5) is 13.1. The summed E-state index contributed by atoms with van der Waals surface area (Å²) in [6.07, 6.45) is -0.329. The summed E-state index contributed by atoms with van der Waals surface area (Å²) in [7, 11) is 1.64. The molecule has 1 fully saturated rings. The van der Waals surface area contributed by atoms with E-state index in [4.69, 9.17) is 24.7 Å². The average molecular weight is 508 g/mol. The van der Waals surface area contributed by atoms with Crippen LogP contribution >= 0.6 is 17.7 Å². The number of nitrogens with two attached hydrogens (primary N) is 1. The lowest BCUT2D eigenvalue weighted by molar-refractivity contribution is -0.122. The molecule has 1 amide bonds. The Hall–Kier alpha value is -1.99. The maximum atomic E-state index is 13.6. The first kappa shape index (κ1) is 26.6. The number of amides is 1. The fourth-order valence-electron chi connectivity index (χ4n) is 3.86. The van der Waals surface area contributed by atoms with Gasteiger partial charge in [0.2, 0.25) is 5.91 Å². The van der Waals surface area contributed by atoms with Crippen LogP contribution in [0.4, 0.5) is 0 Å². The van der Waals surface area contributed by atoms with Crippen molar-refractivity contribution in [2.45, 2.75) is 42.3 Å². The molecule has 7 nitrogen and oxygen atoms in total. The highest BCUT2D eigenvalue weighted by molar-refractivity contribution is 8.58. The third-order valence-electron chi connectivity index (χ3n) is 6.04. The topological polar surface area (TPSA) is 97.1 Å². The van der Waals surface area contributed by atoms with Crippen LogP contribution in [0, 0.1) is 0 Å². The first-order valence-electron chi connectivity index (χ1n) is 11.4. The number of rotatable bonds is 13. The van der Waals surface area contributed by atoms with Crippen molar-refractivity contribution in [3.8, 4) is 11.5 Å². The van der Waals surface area contributed by atoms with Crippen LogP contribution in [0.1, 0.15) is 31.2 Å². The lowest BCUT2D eigenvalue weighted by atomic mass is 9.98. The van der Waals surface area contributed by atoms with Crippen LogP contribution in [-0.4, -0.2) is 51.3 Å². The highest BCUT2D eigenvalue weighted by atomic mass is 32.7. The second-order valence-corrected chi connectivity index (χ2v) is 14.2. The van der Waals surface area contributed by atoms with E-state index < -0.39 is 17.4 Å². The molecule has 34 heavy (non-hydrogen) atoms. The zero-order chi connectivity index (χ0) is 24.4. The third kappa shape index (κ3) is 7.01. The predicted molar refractivity (Wildman–Crippen MR) is 135 cm³/mol. The van der Waals surface area contributed by atoms with Gasteiger partial charge in [-0.05, 0) is 74.3 Å². The Morgan fingerprint density at radius 3 is 2.26 bits per heavy atom. The molecule has 2 aromatic carbocycles. The van der Waals surface area contributed by atoms with E-state index in [2.05, 4.69) is 0 Å². The van der Waals surface area contributed by atoms with Gasteiger partial charge in [0.15, 0.2) is 6.34 Å². The van der Waals surface area contributed by atoms with E-state index in [1.165, 1.54) is 11.4 Å². The molecule has 186 valence electrons. The Bertz CT molecular complexity index is 960. The van der Waals surface area contributed by atoms with Gasteiger partial charge < -0.3 is 29.2 Å². The summed E-state index contributed by atoms with van der Waals surface area (Å²) < 4.78 is 35.6. The summed E-state index contributed by atoms with van der Waals surface area (Å²) in [5, 5.41) is -1.01. The van der Waals surface area contributed by atoms with E-state index in [1.54, 1.807) is 13.8 Å². The summed E-state index contributed by atoms with van der Waals surface area (Å²) in [6.45, 7) is 4.28. The Morgan fingerprint density at radius 1 is 1.03 bits per heavy atom. The summed E-state index contributed by atoms with van der Waals surface area (Å²) >= 11 is 1.26. The van der Waals surface area contributed by atoms with Gasteiger partial charge in [-0.25, -0.2) is 0 Å². The summed E-state index contributed by atoms with van der Waals surface area (Å²) in [5.74, 6) is 1.15. The van der Waals surface area contributed by atoms with Crippen LogP contribution in [0.25, 0.3) is 0 Å². The molecule has 9 heteroatoms. The van der Waals surface area contributed by atoms with Crippen molar-refractivity contribution in [1.29, 1.82) is 0 Å². The highest BCUT2D eigenvalue weighted by Gasteiger charge is 2.51. The van der Waals surface area contributed by atoms with Crippen molar-refractivity contribution >= 4 is 23.6 Å². The minimum atomic E-state index is -2.94. The lowest BCUT2D eigenvalue weighted by Gasteiger charge is -2.38. The Morgan fingerprint density at radius 2 is 1.65 bits per heavy atom. The second-order valence-electron chi connectivity index (χ2n) is 8.37. The average Bonchev–Trinajstić information content (AvgIpc) is 2.85. The number of carbonyl (C=O) groups is 1. The third-order valence-corrected chi connectivity index (χ3v) is 11.8. The van der Waals surface area contributed by atoms with Gasteiger partial charge in [0.1, 0.15) is 16.7 Å². The van der Waals surface area contributed by atoms with E-state index in [0.29, 0.717) is 45.9 Å². The zero-order valence-electron chi connectivity index (χ0n) is 19.9. The second kappa shape index (κ2) is 12.6. The first-order chi connectivity index (χ1) is 16.4. The Labute approximate surface area is 205 Å². The molecule has 3 rings (SSSR count). The van der Waals surface area contributed by atoms with Gasteiger partial charge in [0, 0.05) is 24.7 Å². The molecular weight excluding hydrogens is 473 g/mol. The molecule has 1 saturated heterocycles. The molecule has 0 aliphatic carbocycles. The van der Waals surface area contributed by atoms with Crippen molar-refractivity contribution in [1.82, 2.24) is 0 Å². The molecule has 1 atom stereocenters. The number of methoxy groups -OCH3 is 1. The number of hydrogen-bond donors (Lipinski definition) is 1. The highest BCUT2D eigenvalue weighted by Crippen LogP contribution is 2.70. The molecule has 0 bridgehead atoms. The van der Waals surface area contributed by atoms with Crippen LogP contribution in [-0.2, 0) is 25.4 Å². The summed E-state index contributed by atoms with van der Waals surface area (Å²) in [5.41, 5.74) is 6.74. The maximum absolute atomic E-state index is 13.6. The summed E-state index contributed by atoms with van der Waals surface area (Å²) in [6, 6.07) is 15.3. The minimum Gasteiger partial charge on any atom is -0.497 e. The van der Waals surface area contributed by atoms with E-state index in [-0.39, 0.29) is 0 Å². The SMILES string of the molecule is COc1ccc(OCCCCOCc2ccc(SP(C)(=O)C3(C(N)=O)CCOCC3)cc2)cc1. The van der Waals surface area contributed by atoms with Gasteiger partial charge in [0.05, 0.1) is 20.3 Å². The van der Waals surface area contributed by atoms with Gasteiger partial charge in [-0.1, -0.05) is 23.5 Å².